The summed E-state index contributed by atoms with van der Waals surface area (Å²) in [6.07, 6.45) is 0. The van der Waals surface area contributed by atoms with E-state index in [1.165, 1.54) is 13.2 Å². The van der Waals surface area contributed by atoms with Crippen LogP contribution in [0.1, 0.15) is 15.9 Å². The number of carbonyl (C=O) groups is 1. The third-order valence-electron chi connectivity index (χ3n) is 4.99. The van der Waals surface area contributed by atoms with Crippen LogP contribution in [0.15, 0.2) is 58.2 Å². The van der Waals surface area contributed by atoms with Gasteiger partial charge < -0.3 is 20.5 Å². The lowest BCUT2D eigenvalue weighted by Crippen LogP contribution is -2.17. The second-order valence-electron chi connectivity index (χ2n) is 7.09. The van der Waals surface area contributed by atoms with Crippen molar-refractivity contribution in [3.8, 4) is 5.75 Å². The number of hydrogen-bond acceptors (Lipinski definition) is 11. The van der Waals surface area contributed by atoms with Gasteiger partial charge in [0.2, 0.25) is 11.9 Å². The van der Waals surface area contributed by atoms with Crippen molar-refractivity contribution in [3.63, 3.8) is 0 Å². The van der Waals surface area contributed by atoms with E-state index in [0.717, 1.165) is 23.0 Å². The average molecular weight is 497 g/mol. The summed E-state index contributed by atoms with van der Waals surface area (Å²) in [6, 6.07) is 13.4. The Morgan fingerprint density at radius 3 is 2.60 bits per heavy atom. The highest BCUT2D eigenvalue weighted by Crippen LogP contribution is 2.41. The fourth-order valence-corrected chi connectivity index (χ4v) is 4.01. The van der Waals surface area contributed by atoms with Crippen LogP contribution in [0.3, 0.4) is 0 Å². The molecular weight excluding hydrogens is 478 g/mol. The number of aromatic nitrogens is 3. The van der Waals surface area contributed by atoms with Crippen molar-refractivity contribution >= 4 is 52.1 Å². The van der Waals surface area contributed by atoms with E-state index in [2.05, 4.69) is 35.0 Å². The molecule has 0 saturated heterocycles. The smallest absolute Gasteiger partial charge is 0.351 e. The second-order valence-corrected chi connectivity index (χ2v) is 7.83. The third-order valence-corrected chi connectivity index (χ3v) is 5.72. The Kier molecular flexibility index (Phi) is 7.12. The summed E-state index contributed by atoms with van der Waals surface area (Å²) < 4.78 is 10.2. The van der Waals surface area contributed by atoms with Crippen LogP contribution in [0.2, 0.25) is 0 Å². The molecule has 0 amide bonds. The quantitative estimate of drug-likeness (QED) is 0.127. The van der Waals surface area contributed by atoms with Gasteiger partial charge in [-0.3, -0.25) is 4.98 Å². The van der Waals surface area contributed by atoms with Gasteiger partial charge in [-0.1, -0.05) is 29.3 Å². The Hall–Kier alpha value is -4.17. The number of fused-ring (bicyclic) bond motifs is 1. The highest BCUT2D eigenvalue weighted by molar-refractivity contribution is 7.94. The molecule has 1 aromatic heterocycles. The maximum absolute atomic E-state index is 12.2. The Bertz CT molecular complexity index is 1460. The van der Waals surface area contributed by atoms with Crippen LogP contribution in [0.25, 0.3) is 10.8 Å². The van der Waals surface area contributed by atoms with Gasteiger partial charge in [0, 0.05) is 15.8 Å². The summed E-state index contributed by atoms with van der Waals surface area (Å²) in [5, 5.41) is 28.9. The number of para-hydroxylation sites is 1. The van der Waals surface area contributed by atoms with Crippen molar-refractivity contribution in [1.82, 2.24) is 15.0 Å². The second kappa shape index (κ2) is 10.4. The number of nitrogens with one attached hydrogen (secondary N) is 3. The summed E-state index contributed by atoms with van der Waals surface area (Å²) in [5.41, 5.74) is 0.841. The molecule has 0 bridgehead atoms. The number of aromatic carboxylic acids is 1. The molecule has 0 radical (unpaired) electrons. The molecule has 3 aromatic carbocycles. The van der Waals surface area contributed by atoms with Gasteiger partial charge in [0.25, 0.3) is 0 Å². The highest BCUT2D eigenvalue weighted by Gasteiger charge is 2.17. The number of carboxylic acid groups (broad SMARTS) is 1. The molecule has 0 atom stereocenters. The van der Waals surface area contributed by atoms with Gasteiger partial charge in [0.15, 0.2) is 0 Å². The summed E-state index contributed by atoms with van der Waals surface area (Å²) in [5.74, 6) is -0.626. The standard InChI is InChI=1S/C22H19N5O7S/c1-11-16(35-34-33-31)10-12-6-5-9-15(17(12)18(11)32-2)24-21-25-20(26-22(30)27-21)23-14-8-4-3-7-13(14)19(28)29/h3-10,31H,1-2H3,(H,28,29)(H3,23,24,25,26,27,30). The predicted octanol–water partition coefficient (Wildman–Crippen LogP) is 4.25. The van der Waals surface area contributed by atoms with E-state index >= 15 is 0 Å². The first-order valence-electron chi connectivity index (χ1n) is 10.0. The summed E-state index contributed by atoms with van der Waals surface area (Å²) in [4.78, 5) is 34.9. The van der Waals surface area contributed by atoms with Crippen LogP contribution < -0.4 is 21.1 Å². The highest BCUT2D eigenvalue weighted by atomic mass is 32.2. The van der Waals surface area contributed by atoms with Gasteiger partial charge >= 0.3 is 11.7 Å². The average Bonchev–Trinajstić information content (AvgIpc) is 2.83. The molecular formula is C22H19N5O7S. The number of rotatable bonds is 9. The first kappa shape index (κ1) is 24.0. The van der Waals surface area contributed by atoms with Crippen LogP contribution >= 0.6 is 12.0 Å². The van der Waals surface area contributed by atoms with Crippen LogP contribution in [0, 0.1) is 6.92 Å². The molecule has 13 heteroatoms. The van der Waals surface area contributed by atoms with E-state index in [9.17, 15) is 14.7 Å². The molecule has 5 N–H and O–H groups in total. The summed E-state index contributed by atoms with van der Waals surface area (Å²) >= 11 is 0.818. The van der Waals surface area contributed by atoms with E-state index in [1.54, 1.807) is 30.3 Å². The molecule has 0 unspecified atom stereocenters. The zero-order valence-electron chi connectivity index (χ0n) is 18.4. The lowest BCUT2D eigenvalue weighted by atomic mass is 10.0. The molecule has 0 saturated carbocycles. The number of ether oxygens (including phenoxy) is 1. The van der Waals surface area contributed by atoms with Gasteiger partial charge in [-0.2, -0.15) is 9.97 Å². The van der Waals surface area contributed by atoms with Crippen molar-refractivity contribution in [2.45, 2.75) is 11.8 Å². The number of anilines is 4. The van der Waals surface area contributed by atoms with E-state index in [-0.39, 0.29) is 23.1 Å². The number of benzene rings is 3. The molecule has 180 valence electrons. The minimum Gasteiger partial charge on any atom is -0.496 e. The summed E-state index contributed by atoms with van der Waals surface area (Å²) in [6.45, 7) is 1.81. The first-order chi connectivity index (χ1) is 16.9. The normalized spacial score (nSPS) is 10.8. The van der Waals surface area contributed by atoms with Crippen molar-refractivity contribution in [2.24, 2.45) is 0 Å². The predicted molar refractivity (Wildman–Crippen MR) is 129 cm³/mol. The Morgan fingerprint density at radius 2 is 1.86 bits per heavy atom. The molecule has 4 rings (SSSR count). The SMILES string of the molecule is COc1c(C)c(SOOO)cc2cccc(Nc3nc(Nc4ccccc4C(=O)O)nc(=O)[nH]3)c12. The van der Waals surface area contributed by atoms with E-state index in [4.69, 9.17) is 9.99 Å². The lowest BCUT2D eigenvalue weighted by molar-refractivity contribution is -0.432. The number of methoxy groups -OCH3 is 1. The number of carboxylic acids is 1. The zero-order valence-corrected chi connectivity index (χ0v) is 19.2. The zero-order chi connectivity index (χ0) is 24.9. The molecule has 1 heterocycles. The lowest BCUT2D eigenvalue weighted by Gasteiger charge is -2.16. The van der Waals surface area contributed by atoms with E-state index in [0.29, 0.717) is 21.7 Å². The summed E-state index contributed by atoms with van der Waals surface area (Å²) in [7, 11) is 1.52. The molecule has 4 aromatic rings. The van der Waals surface area contributed by atoms with Crippen molar-refractivity contribution < 1.29 is 29.3 Å². The number of nitrogens with zero attached hydrogens (tertiary/aromatic N) is 2. The minimum atomic E-state index is -1.14. The van der Waals surface area contributed by atoms with E-state index < -0.39 is 11.7 Å². The largest absolute Gasteiger partial charge is 0.496 e. The maximum atomic E-state index is 12.2. The molecule has 12 nitrogen and oxygen atoms in total. The van der Waals surface area contributed by atoms with Crippen LogP contribution in [-0.4, -0.2) is 38.4 Å². The first-order valence-corrected chi connectivity index (χ1v) is 10.7. The Labute approximate surface area is 202 Å². The number of H-pyrrole nitrogens is 1. The monoisotopic (exact) mass is 497 g/mol. The Morgan fingerprint density at radius 1 is 1.09 bits per heavy atom. The van der Waals surface area contributed by atoms with Crippen molar-refractivity contribution in [2.75, 3.05) is 17.7 Å². The maximum Gasteiger partial charge on any atom is 0.351 e. The topological polar surface area (TPSA) is 168 Å². The van der Waals surface area contributed by atoms with Gasteiger partial charge in [-0.05, 0) is 36.6 Å². The molecule has 0 spiro atoms. The van der Waals surface area contributed by atoms with E-state index in [1.807, 2.05) is 19.1 Å². The number of aromatic amines is 1. The Balaban J connectivity index is 1.73. The van der Waals surface area contributed by atoms with Gasteiger partial charge in [0.1, 0.15) is 5.75 Å². The molecule has 0 fully saturated rings. The van der Waals surface area contributed by atoms with Gasteiger partial charge in [-0.15, -0.1) is 4.33 Å². The molecule has 0 aliphatic heterocycles. The van der Waals surface area contributed by atoms with Crippen molar-refractivity contribution in [1.29, 1.82) is 0 Å². The molecule has 35 heavy (non-hydrogen) atoms. The van der Waals surface area contributed by atoms with Crippen LogP contribution in [0.5, 0.6) is 5.75 Å². The van der Waals surface area contributed by atoms with Crippen molar-refractivity contribution in [3.05, 3.63) is 70.1 Å². The number of hydrogen-bond donors (Lipinski definition) is 5. The molecule has 0 aliphatic rings. The van der Waals surface area contributed by atoms with Gasteiger partial charge in [-0.25, -0.2) is 14.8 Å². The fraction of sp³-hybridized carbons (Fsp3) is 0.0909. The van der Waals surface area contributed by atoms with Crippen LogP contribution in [0.4, 0.5) is 23.3 Å². The third kappa shape index (κ3) is 5.17. The fourth-order valence-electron chi connectivity index (χ4n) is 3.52. The van der Waals surface area contributed by atoms with Crippen LogP contribution in [-0.2, 0) is 9.37 Å². The van der Waals surface area contributed by atoms with Gasteiger partial charge in [0.05, 0.1) is 36.1 Å². The minimum absolute atomic E-state index is 0.00408. The molecule has 0 aliphatic carbocycles.